The maximum absolute atomic E-state index is 5.98. The molecular weight excluding hydrogens is 186 g/mol. The molecule has 0 radical (unpaired) electrons. The Kier molecular flexibility index (Phi) is 5.62. The highest BCUT2D eigenvalue weighted by Gasteiger charge is 2.36. The van der Waals surface area contributed by atoms with Gasteiger partial charge in [0.2, 0.25) is 0 Å². The standard InChI is InChI=1S/C13H27NO/c1-4-10-15-13(6-5-7-13)8-9-14-11-12(2)3/h12,14H,4-11H2,1-3H3. The minimum Gasteiger partial charge on any atom is -0.375 e. The Bertz CT molecular complexity index is 164. The van der Waals surface area contributed by atoms with Crippen molar-refractivity contribution in [2.45, 2.75) is 58.5 Å². The van der Waals surface area contributed by atoms with E-state index in [0.717, 1.165) is 32.0 Å². The van der Waals surface area contributed by atoms with Gasteiger partial charge in [0, 0.05) is 6.61 Å². The highest BCUT2D eigenvalue weighted by Crippen LogP contribution is 2.38. The zero-order chi connectivity index (χ0) is 11.1. The van der Waals surface area contributed by atoms with Gasteiger partial charge in [-0.2, -0.15) is 0 Å². The van der Waals surface area contributed by atoms with Gasteiger partial charge in [0.25, 0.3) is 0 Å². The summed E-state index contributed by atoms with van der Waals surface area (Å²) < 4.78 is 5.98. The summed E-state index contributed by atoms with van der Waals surface area (Å²) in [6.07, 6.45) is 6.24. The molecule has 15 heavy (non-hydrogen) atoms. The van der Waals surface area contributed by atoms with Crippen LogP contribution < -0.4 is 5.32 Å². The van der Waals surface area contributed by atoms with Crippen LogP contribution in [0.4, 0.5) is 0 Å². The fraction of sp³-hybridized carbons (Fsp3) is 1.00. The molecule has 0 saturated heterocycles. The van der Waals surface area contributed by atoms with Gasteiger partial charge in [-0.05, 0) is 51.1 Å². The molecule has 1 aliphatic carbocycles. The van der Waals surface area contributed by atoms with Gasteiger partial charge in [-0.3, -0.25) is 0 Å². The first-order chi connectivity index (χ1) is 7.18. The highest BCUT2D eigenvalue weighted by atomic mass is 16.5. The van der Waals surface area contributed by atoms with Gasteiger partial charge in [-0.25, -0.2) is 0 Å². The van der Waals surface area contributed by atoms with Crippen LogP contribution in [0.3, 0.4) is 0 Å². The molecule has 1 N–H and O–H groups in total. The van der Waals surface area contributed by atoms with Crippen LogP contribution in [-0.2, 0) is 4.74 Å². The molecule has 1 fully saturated rings. The fourth-order valence-corrected chi connectivity index (χ4v) is 2.06. The van der Waals surface area contributed by atoms with Gasteiger partial charge in [0.15, 0.2) is 0 Å². The SMILES string of the molecule is CCCOC1(CCNCC(C)C)CCC1. The molecular formula is C13H27NO. The molecule has 1 saturated carbocycles. The first kappa shape index (κ1) is 13.0. The zero-order valence-corrected chi connectivity index (χ0v) is 10.6. The smallest absolute Gasteiger partial charge is 0.0694 e. The monoisotopic (exact) mass is 213 g/mol. The average molecular weight is 213 g/mol. The van der Waals surface area contributed by atoms with Crippen molar-refractivity contribution in [1.82, 2.24) is 5.32 Å². The molecule has 0 aliphatic heterocycles. The molecule has 1 aliphatic rings. The maximum Gasteiger partial charge on any atom is 0.0694 e. The molecule has 0 bridgehead atoms. The molecule has 0 aromatic heterocycles. The Hall–Kier alpha value is -0.0800. The Balaban J connectivity index is 2.10. The van der Waals surface area contributed by atoms with E-state index in [4.69, 9.17) is 4.74 Å². The summed E-state index contributed by atoms with van der Waals surface area (Å²) in [7, 11) is 0. The maximum atomic E-state index is 5.98. The number of hydrogen-bond acceptors (Lipinski definition) is 2. The van der Waals surface area contributed by atoms with Gasteiger partial charge in [-0.15, -0.1) is 0 Å². The third-order valence-corrected chi connectivity index (χ3v) is 3.19. The second kappa shape index (κ2) is 6.49. The molecule has 1 rings (SSSR count). The molecule has 0 aromatic rings. The van der Waals surface area contributed by atoms with Crippen LogP contribution in [0.25, 0.3) is 0 Å². The van der Waals surface area contributed by atoms with E-state index >= 15 is 0 Å². The summed E-state index contributed by atoms with van der Waals surface area (Å²) in [6, 6.07) is 0. The van der Waals surface area contributed by atoms with Gasteiger partial charge in [-0.1, -0.05) is 20.8 Å². The highest BCUT2D eigenvalue weighted by molar-refractivity contribution is 4.90. The van der Waals surface area contributed by atoms with E-state index in [2.05, 4.69) is 26.1 Å². The minimum absolute atomic E-state index is 0.250. The van der Waals surface area contributed by atoms with Crippen molar-refractivity contribution in [3.8, 4) is 0 Å². The lowest BCUT2D eigenvalue weighted by Crippen LogP contribution is -2.43. The Morgan fingerprint density at radius 1 is 1.33 bits per heavy atom. The molecule has 0 amide bonds. The number of rotatable bonds is 8. The van der Waals surface area contributed by atoms with Crippen molar-refractivity contribution in [3.05, 3.63) is 0 Å². The van der Waals surface area contributed by atoms with Gasteiger partial charge < -0.3 is 10.1 Å². The topological polar surface area (TPSA) is 21.3 Å². The van der Waals surface area contributed by atoms with E-state index in [0.29, 0.717) is 0 Å². The Morgan fingerprint density at radius 3 is 2.53 bits per heavy atom. The van der Waals surface area contributed by atoms with Crippen LogP contribution in [0.15, 0.2) is 0 Å². The summed E-state index contributed by atoms with van der Waals surface area (Å²) in [5.41, 5.74) is 0.250. The lowest BCUT2D eigenvalue weighted by Gasteiger charge is -2.42. The van der Waals surface area contributed by atoms with E-state index in [1.54, 1.807) is 0 Å². The van der Waals surface area contributed by atoms with Gasteiger partial charge in [0.1, 0.15) is 0 Å². The van der Waals surface area contributed by atoms with E-state index in [1.807, 2.05) is 0 Å². The van der Waals surface area contributed by atoms with E-state index in [-0.39, 0.29) is 5.60 Å². The first-order valence-electron chi connectivity index (χ1n) is 6.53. The van der Waals surface area contributed by atoms with Crippen molar-refractivity contribution in [1.29, 1.82) is 0 Å². The van der Waals surface area contributed by atoms with Crippen molar-refractivity contribution in [2.24, 2.45) is 5.92 Å². The normalized spacial score (nSPS) is 19.2. The number of ether oxygens (including phenoxy) is 1. The van der Waals surface area contributed by atoms with Crippen molar-refractivity contribution in [3.63, 3.8) is 0 Å². The van der Waals surface area contributed by atoms with Gasteiger partial charge in [0.05, 0.1) is 5.60 Å². The predicted octanol–water partition coefficient (Wildman–Crippen LogP) is 2.97. The third kappa shape index (κ3) is 4.52. The lowest BCUT2D eigenvalue weighted by atomic mass is 9.77. The number of hydrogen-bond donors (Lipinski definition) is 1. The van der Waals surface area contributed by atoms with E-state index in [9.17, 15) is 0 Å². The van der Waals surface area contributed by atoms with E-state index < -0.39 is 0 Å². The van der Waals surface area contributed by atoms with Crippen LogP contribution >= 0.6 is 0 Å². The third-order valence-electron chi connectivity index (χ3n) is 3.19. The quantitative estimate of drug-likeness (QED) is 0.626. The minimum atomic E-state index is 0.250. The Labute approximate surface area is 94.8 Å². The molecule has 0 atom stereocenters. The van der Waals surface area contributed by atoms with Crippen LogP contribution in [0.2, 0.25) is 0 Å². The second-order valence-corrected chi connectivity index (χ2v) is 5.23. The number of nitrogens with one attached hydrogen (secondary N) is 1. The fourth-order valence-electron chi connectivity index (χ4n) is 2.06. The Morgan fingerprint density at radius 2 is 2.07 bits per heavy atom. The van der Waals surface area contributed by atoms with Crippen molar-refractivity contribution < 1.29 is 4.74 Å². The molecule has 2 heteroatoms. The summed E-state index contributed by atoms with van der Waals surface area (Å²) in [4.78, 5) is 0. The van der Waals surface area contributed by atoms with E-state index in [1.165, 1.54) is 25.7 Å². The zero-order valence-electron chi connectivity index (χ0n) is 10.6. The molecule has 0 heterocycles. The van der Waals surface area contributed by atoms with Crippen molar-refractivity contribution in [2.75, 3.05) is 19.7 Å². The molecule has 0 spiro atoms. The largest absolute Gasteiger partial charge is 0.375 e. The molecule has 90 valence electrons. The molecule has 0 unspecified atom stereocenters. The predicted molar refractivity (Wildman–Crippen MR) is 65.1 cm³/mol. The lowest BCUT2D eigenvalue weighted by molar-refractivity contribution is -0.104. The van der Waals surface area contributed by atoms with Crippen molar-refractivity contribution >= 4 is 0 Å². The molecule has 2 nitrogen and oxygen atoms in total. The average Bonchev–Trinajstić information content (AvgIpc) is 2.14. The van der Waals surface area contributed by atoms with Gasteiger partial charge >= 0.3 is 0 Å². The van der Waals surface area contributed by atoms with Crippen LogP contribution in [0, 0.1) is 5.92 Å². The second-order valence-electron chi connectivity index (χ2n) is 5.23. The van der Waals surface area contributed by atoms with Crippen LogP contribution in [0.5, 0.6) is 0 Å². The summed E-state index contributed by atoms with van der Waals surface area (Å²) >= 11 is 0. The first-order valence-corrected chi connectivity index (χ1v) is 6.53. The summed E-state index contributed by atoms with van der Waals surface area (Å²) in [5, 5.41) is 3.51. The molecule has 0 aromatic carbocycles. The van der Waals surface area contributed by atoms with Crippen LogP contribution in [0.1, 0.15) is 52.9 Å². The van der Waals surface area contributed by atoms with Crippen LogP contribution in [-0.4, -0.2) is 25.3 Å². The summed E-state index contributed by atoms with van der Waals surface area (Å²) in [5.74, 6) is 0.749. The summed E-state index contributed by atoms with van der Waals surface area (Å²) in [6.45, 7) is 9.86.